The van der Waals surface area contributed by atoms with Crippen molar-refractivity contribution in [3.63, 3.8) is 0 Å². The monoisotopic (exact) mass is 553 g/mol. The number of rotatable bonds is 6. The highest BCUT2D eigenvalue weighted by Crippen LogP contribution is 2.38. The van der Waals surface area contributed by atoms with E-state index in [0.29, 0.717) is 17.5 Å². The number of nitrogens with zero attached hydrogens (tertiary/aromatic N) is 1. The molecule has 0 radical (unpaired) electrons. The number of fused-ring (bicyclic) bond motifs is 1. The number of benzene rings is 2. The number of carbonyl (C=O) groups excluding carboxylic acids is 1. The summed E-state index contributed by atoms with van der Waals surface area (Å²) in [4.78, 5) is 17.7. The Labute approximate surface area is 234 Å². The van der Waals surface area contributed by atoms with Crippen LogP contribution in [0, 0.1) is 37.2 Å². The maximum atomic E-state index is 14.0. The Morgan fingerprint density at radius 3 is 2.35 bits per heavy atom. The molecule has 0 aliphatic heterocycles. The van der Waals surface area contributed by atoms with Gasteiger partial charge in [-0.1, -0.05) is 13.8 Å². The van der Waals surface area contributed by atoms with Gasteiger partial charge in [0.1, 0.15) is 11.6 Å². The second kappa shape index (κ2) is 14.5. The molecule has 4 aromatic rings. The Bertz CT molecular complexity index is 1410. The predicted octanol–water partition coefficient (Wildman–Crippen LogP) is 8.01. The number of aromatic nitrogens is 2. The number of aryl methyl sites for hydroxylation is 2. The van der Waals surface area contributed by atoms with E-state index in [4.69, 9.17) is 4.74 Å². The molecule has 1 saturated carbocycles. The van der Waals surface area contributed by atoms with Crippen molar-refractivity contribution in [2.45, 2.75) is 59.3 Å². The molecular formula is C32H38F3N3O2. The van der Waals surface area contributed by atoms with Gasteiger partial charge in [0.15, 0.2) is 11.6 Å². The number of halogens is 3. The van der Waals surface area contributed by atoms with E-state index in [1.54, 1.807) is 12.1 Å². The molecular weight excluding hydrogens is 515 g/mol. The number of carbonyl (C=O) groups is 1. The largest absolute Gasteiger partial charge is 0.494 e. The lowest BCUT2D eigenvalue weighted by Gasteiger charge is -2.29. The van der Waals surface area contributed by atoms with Gasteiger partial charge < -0.3 is 15.0 Å². The summed E-state index contributed by atoms with van der Waals surface area (Å²) >= 11 is 0. The van der Waals surface area contributed by atoms with Crippen LogP contribution in [0.1, 0.15) is 62.3 Å². The molecule has 1 aliphatic carbocycles. The van der Waals surface area contributed by atoms with Crippen LogP contribution >= 0.6 is 0 Å². The third-order valence-corrected chi connectivity index (χ3v) is 7.16. The number of amides is 1. The van der Waals surface area contributed by atoms with Crippen LogP contribution in [0.25, 0.3) is 22.2 Å². The first-order valence-electron chi connectivity index (χ1n) is 13.7. The van der Waals surface area contributed by atoms with Crippen LogP contribution in [0.3, 0.4) is 0 Å². The number of pyridine rings is 1. The topological polar surface area (TPSA) is 67.0 Å². The van der Waals surface area contributed by atoms with Crippen molar-refractivity contribution in [3.05, 3.63) is 82.9 Å². The summed E-state index contributed by atoms with van der Waals surface area (Å²) < 4.78 is 45.7. The molecule has 5 rings (SSSR count). The minimum Gasteiger partial charge on any atom is -0.494 e. The summed E-state index contributed by atoms with van der Waals surface area (Å²) in [5, 5.41) is 3.71. The minimum absolute atomic E-state index is 0.0911. The summed E-state index contributed by atoms with van der Waals surface area (Å²) in [7, 11) is 1.31. The number of hydrogen-bond donors (Lipinski definition) is 2. The van der Waals surface area contributed by atoms with Crippen molar-refractivity contribution in [1.82, 2.24) is 15.3 Å². The van der Waals surface area contributed by atoms with E-state index in [1.165, 1.54) is 18.7 Å². The number of methoxy groups -OCH3 is 1. The molecule has 0 spiro atoms. The molecule has 5 nitrogen and oxygen atoms in total. The first-order chi connectivity index (χ1) is 19.3. The molecule has 0 saturated heterocycles. The van der Waals surface area contributed by atoms with Crippen molar-refractivity contribution >= 4 is 17.3 Å². The lowest BCUT2D eigenvalue weighted by Crippen LogP contribution is -2.25. The van der Waals surface area contributed by atoms with E-state index in [9.17, 15) is 18.0 Å². The van der Waals surface area contributed by atoms with Crippen LogP contribution < -0.4 is 10.1 Å². The van der Waals surface area contributed by atoms with E-state index in [1.807, 2.05) is 46.0 Å². The van der Waals surface area contributed by atoms with Gasteiger partial charge in [-0.15, -0.1) is 0 Å². The fourth-order valence-electron chi connectivity index (χ4n) is 5.29. The maximum Gasteiger partial charge on any atom is 0.207 e. The minimum atomic E-state index is -0.557. The quantitative estimate of drug-likeness (QED) is 0.238. The molecule has 8 heteroatoms. The number of hydrogen-bond acceptors (Lipinski definition) is 3. The molecule has 1 fully saturated rings. The Morgan fingerprint density at radius 2 is 1.73 bits per heavy atom. The van der Waals surface area contributed by atoms with Crippen molar-refractivity contribution in [2.24, 2.45) is 5.92 Å². The third kappa shape index (κ3) is 7.43. The van der Waals surface area contributed by atoms with Crippen LogP contribution in [-0.4, -0.2) is 30.0 Å². The summed E-state index contributed by atoms with van der Waals surface area (Å²) in [6, 6.07) is 10.9. The van der Waals surface area contributed by atoms with Crippen molar-refractivity contribution in [1.29, 1.82) is 0 Å². The normalized spacial score (nSPS) is 16.3. The van der Waals surface area contributed by atoms with Gasteiger partial charge in [-0.05, 0) is 98.9 Å². The van der Waals surface area contributed by atoms with Gasteiger partial charge >= 0.3 is 0 Å². The molecule has 0 unspecified atom stereocenters. The average molecular weight is 554 g/mol. The molecule has 2 N–H and O–H groups in total. The van der Waals surface area contributed by atoms with Crippen molar-refractivity contribution in [2.75, 3.05) is 13.7 Å². The molecule has 214 valence electrons. The number of ether oxygens (including phenoxy) is 1. The molecule has 0 bridgehead atoms. The maximum absolute atomic E-state index is 14.0. The highest BCUT2D eigenvalue weighted by molar-refractivity contribution is 5.82. The van der Waals surface area contributed by atoms with E-state index < -0.39 is 11.6 Å². The first-order valence-corrected chi connectivity index (χ1v) is 13.7. The third-order valence-electron chi connectivity index (χ3n) is 7.16. The summed E-state index contributed by atoms with van der Waals surface area (Å²) in [6.07, 6.45) is 6.96. The summed E-state index contributed by atoms with van der Waals surface area (Å²) in [5.74, 6) is -0.350. The van der Waals surface area contributed by atoms with Crippen LogP contribution in [0.4, 0.5) is 13.2 Å². The van der Waals surface area contributed by atoms with Gasteiger partial charge in [-0.2, -0.15) is 0 Å². The van der Waals surface area contributed by atoms with Crippen LogP contribution in [0.5, 0.6) is 5.75 Å². The second-order valence-corrected chi connectivity index (χ2v) is 9.79. The molecule has 1 aliphatic rings. The van der Waals surface area contributed by atoms with E-state index >= 15 is 0 Å². The van der Waals surface area contributed by atoms with Crippen molar-refractivity contribution < 1.29 is 22.7 Å². The zero-order chi connectivity index (χ0) is 29.2. The Kier molecular flexibility index (Phi) is 11.2. The Balaban J connectivity index is 0.000000212. The average Bonchev–Trinajstić information content (AvgIpc) is 3.31. The SMILES string of the molecule is CC.COc1cc(F)cc(-c2[nH]c(C)cc2C)c1F.O=CNCC1CCC(c2ccnc3ccc(F)cc23)CC1. The molecule has 1 amide bonds. The number of aromatic amines is 1. The zero-order valence-corrected chi connectivity index (χ0v) is 23.8. The van der Waals surface area contributed by atoms with Crippen molar-refractivity contribution in [3.8, 4) is 17.0 Å². The molecule has 2 aromatic heterocycles. The molecule has 0 atom stereocenters. The van der Waals surface area contributed by atoms with Crippen LogP contribution in [0.15, 0.2) is 48.7 Å². The van der Waals surface area contributed by atoms with E-state index in [-0.39, 0.29) is 17.1 Å². The van der Waals surface area contributed by atoms with Gasteiger partial charge in [0.25, 0.3) is 0 Å². The second-order valence-electron chi connectivity index (χ2n) is 9.79. The van der Waals surface area contributed by atoms with Gasteiger partial charge in [0.05, 0.1) is 18.3 Å². The Hall–Kier alpha value is -3.81. The lowest BCUT2D eigenvalue weighted by atomic mass is 9.78. The van der Waals surface area contributed by atoms with E-state index in [2.05, 4.69) is 15.3 Å². The molecule has 2 heterocycles. The highest BCUT2D eigenvalue weighted by Gasteiger charge is 2.23. The fraction of sp³-hybridized carbons (Fsp3) is 0.375. The van der Waals surface area contributed by atoms with Gasteiger partial charge in [0.2, 0.25) is 6.41 Å². The van der Waals surface area contributed by atoms with Crippen LogP contribution in [0.2, 0.25) is 0 Å². The Morgan fingerprint density at radius 1 is 1.00 bits per heavy atom. The number of H-pyrrole nitrogens is 1. The number of nitrogens with one attached hydrogen (secondary N) is 2. The van der Waals surface area contributed by atoms with E-state index in [0.717, 1.165) is 72.9 Å². The molecule has 40 heavy (non-hydrogen) atoms. The summed E-state index contributed by atoms with van der Waals surface area (Å²) in [6.45, 7) is 8.47. The fourth-order valence-corrected chi connectivity index (χ4v) is 5.29. The summed E-state index contributed by atoms with van der Waals surface area (Å²) in [5.41, 5.74) is 4.61. The van der Waals surface area contributed by atoms with Gasteiger partial charge in [-0.3, -0.25) is 9.78 Å². The highest BCUT2D eigenvalue weighted by atomic mass is 19.1. The lowest BCUT2D eigenvalue weighted by molar-refractivity contribution is -0.109. The molecule has 2 aromatic carbocycles. The first kappa shape index (κ1) is 30.7. The standard InChI is InChI=1S/C17H19FN2O.C13H13F2NO.C2H6/c18-14-5-6-17-16(9-14)15(7-8-20-17)13-3-1-12(2-4-13)10-19-11-21;1-7-4-8(2)16-13(7)10-5-9(14)6-11(17-3)12(10)15;1-2/h5-9,11-13H,1-4,10H2,(H,19,21);4-6,16H,1-3H3;1-2H3. The predicted molar refractivity (Wildman–Crippen MR) is 154 cm³/mol. The smallest absolute Gasteiger partial charge is 0.207 e. The zero-order valence-electron chi connectivity index (χ0n) is 23.8. The van der Waals surface area contributed by atoms with Gasteiger partial charge in [0, 0.05) is 35.5 Å². The van der Waals surface area contributed by atoms with Crippen LogP contribution in [-0.2, 0) is 4.79 Å². The van der Waals surface area contributed by atoms with Gasteiger partial charge in [-0.25, -0.2) is 13.2 Å².